The van der Waals surface area contributed by atoms with Crippen LogP contribution in [0.4, 0.5) is 14.5 Å². The minimum atomic E-state index is -5.57. The second-order valence-corrected chi connectivity index (χ2v) is 22.2. The highest BCUT2D eigenvalue weighted by Crippen LogP contribution is 2.67. The number of primary amides is 1. The lowest BCUT2D eigenvalue weighted by Crippen LogP contribution is -2.56. The quantitative estimate of drug-likeness (QED) is 0.0304. The predicted molar refractivity (Wildman–Crippen MR) is 259 cm³/mol. The number of benzene rings is 3. The average molecular weight is 1010 g/mol. The van der Waals surface area contributed by atoms with E-state index in [-0.39, 0.29) is 32.3 Å². The van der Waals surface area contributed by atoms with Crippen LogP contribution >= 0.6 is 19.4 Å². The van der Waals surface area contributed by atoms with Crippen LogP contribution in [0.3, 0.4) is 0 Å². The van der Waals surface area contributed by atoms with E-state index in [0.717, 1.165) is 33.7 Å². The normalized spacial score (nSPS) is 17.2. The molecule has 2 aliphatic rings. The molecule has 2 aliphatic heterocycles. The van der Waals surface area contributed by atoms with Gasteiger partial charge in [0.2, 0.25) is 37.2 Å². The fourth-order valence-corrected chi connectivity index (χ4v) is 9.21. The van der Waals surface area contributed by atoms with Crippen molar-refractivity contribution >= 4 is 66.2 Å². The maximum Gasteiger partial charge on any atom is 0.410 e. The molecule has 5 rings (SSSR count). The summed E-state index contributed by atoms with van der Waals surface area (Å²) in [6.45, 7) is 10.4. The number of allylic oxidation sites excluding steroid dienone is 1. The van der Waals surface area contributed by atoms with Gasteiger partial charge in [0.1, 0.15) is 12.1 Å². The Morgan fingerprint density at radius 1 is 0.900 bits per heavy atom. The highest BCUT2D eigenvalue weighted by Gasteiger charge is 2.56. The summed E-state index contributed by atoms with van der Waals surface area (Å²) in [6.07, 6.45) is 3.63. The molecule has 0 saturated carbocycles. The highest BCUT2D eigenvalue weighted by molar-refractivity contribution is 7.98. The van der Waals surface area contributed by atoms with Crippen LogP contribution in [0.25, 0.3) is 5.57 Å². The second kappa shape index (κ2) is 23.2. The van der Waals surface area contributed by atoms with Crippen LogP contribution in [0.1, 0.15) is 102 Å². The third kappa shape index (κ3) is 13.9. The monoisotopic (exact) mass is 1010 g/mol. The SMILES string of the molecule is CSc1ccc(CO[C@H](C)[C@H](CCC(N)=O)NC(=O)[C@@H]2Cc3cccc4c3N2C(=O)[C@@H](NC(=O)/C=C(\C)c2ccc(C(F)(F)P(=O)(OCOC(=O)C(C)(C)C)OCOC(=O)C(C)(C)C)cc2)CC4)cc1. The van der Waals surface area contributed by atoms with Gasteiger partial charge in [0.25, 0.3) is 0 Å². The van der Waals surface area contributed by atoms with E-state index in [9.17, 15) is 33.3 Å². The Balaban J connectivity index is 1.30. The number of esters is 2. The molecule has 380 valence electrons. The van der Waals surface area contributed by atoms with Crippen molar-refractivity contribution in [3.63, 3.8) is 0 Å². The minimum Gasteiger partial charge on any atom is -0.438 e. The molecule has 0 aromatic heterocycles. The third-order valence-corrected chi connectivity index (χ3v) is 14.3. The van der Waals surface area contributed by atoms with Crippen LogP contribution in [0.2, 0.25) is 0 Å². The fourth-order valence-electron chi connectivity index (χ4n) is 7.56. The maximum absolute atomic E-state index is 16.1. The van der Waals surface area contributed by atoms with Crippen molar-refractivity contribution in [3.05, 3.63) is 101 Å². The van der Waals surface area contributed by atoms with E-state index in [1.165, 1.54) is 64.7 Å². The van der Waals surface area contributed by atoms with Crippen molar-refractivity contribution in [2.24, 2.45) is 16.6 Å². The van der Waals surface area contributed by atoms with Gasteiger partial charge in [0, 0.05) is 29.4 Å². The molecule has 4 atom stereocenters. The van der Waals surface area contributed by atoms with Crippen molar-refractivity contribution in [3.8, 4) is 0 Å². The molecule has 0 fully saturated rings. The Kier molecular flexibility index (Phi) is 18.4. The molecule has 2 heterocycles. The molecule has 4 amide bonds. The minimum absolute atomic E-state index is 0.0156. The van der Waals surface area contributed by atoms with Crippen LogP contribution in [-0.4, -0.2) is 79.6 Å². The number of anilines is 1. The van der Waals surface area contributed by atoms with Crippen LogP contribution < -0.4 is 21.3 Å². The molecule has 16 nitrogen and oxygen atoms in total. The number of hydrogen-bond acceptors (Lipinski definition) is 13. The van der Waals surface area contributed by atoms with Gasteiger partial charge in [0.15, 0.2) is 0 Å². The number of aryl methyl sites for hydroxylation is 1. The third-order valence-electron chi connectivity index (χ3n) is 11.7. The van der Waals surface area contributed by atoms with E-state index in [1.54, 1.807) is 25.6 Å². The summed E-state index contributed by atoms with van der Waals surface area (Å²) in [7, 11) is -5.57. The number of nitrogens with two attached hydrogens (primary N) is 1. The van der Waals surface area contributed by atoms with Crippen molar-refractivity contribution in [2.75, 3.05) is 24.7 Å². The summed E-state index contributed by atoms with van der Waals surface area (Å²) in [5.74, 6) is -3.84. The number of ether oxygens (including phenoxy) is 3. The molecule has 3 aromatic carbocycles. The van der Waals surface area contributed by atoms with Crippen molar-refractivity contribution < 1.29 is 65.4 Å². The summed E-state index contributed by atoms with van der Waals surface area (Å²) in [5, 5.41) is 5.81. The predicted octanol–water partition coefficient (Wildman–Crippen LogP) is 7.93. The van der Waals surface area contributed by atoms with E-state index in [0.29, 0.717) is 23.2 Å². The van der Waals surface area contributed by atoms with E-state index in [4.69, 9.17) is 29.0 Å². The summed E-state index contributed by atoms with van der Waals surface area (Å²) < 4.78 is 72.0. The number of rotatable bonds is 21. The maximum atomic E-state index is 16.1. The molecule has 70 heavy (non-hydrogen) atoms. The van der Waals surface area contributed by atoms with Gasteiger partial charge in [-0.2, -0.15) is 8.78 Å². The molecule has 4 N–H and O–H groups in total. The first-order chi connectivity index (χ1) is 32.7. The smallest absolute Gasteiger partial charge is 0.410 e. The number of hydrogen-bond donors (Lipinski definition) is 3. The molecule has 0 radical (unpaired) electrons. The lowest BCUT2D eigenvalue weighted by Gasteiger charge is -2.31. The van der Waals surface area contributed by atoms with E-state index in [2.05, 4.69) is 10.6 Å². The van der Waals surface area contributed by atoms with Gasteiger partial charge in [-0.25, -0.2) is 0 Å². The summed E-state index contributed by atoms with van der Waals surface area (Å²) >= 11 is 1.62. The number of amides is 4. The molecule has 0 aliphatic carbocycles. The molecule has 3 aromatic rings. The van der Waals surface area contributed by atoms with Gasteiger partial charge in [-0.05, 0) is 121 Å². The van der Waals surface area contributed by atoms with Crippen LogP contribution in [0, 0.1) is 10.8 Å². The summed E-state index contributed by atoms with van der Waals surface area (Å²) in [5.41, 5.74) is 2.01. The van der Waals surface area contributed by atoms with Gasteiger partial charge in [-0.15, -0.1) is 11.8 Å². The van der Waals surface area contributed by atoms with Crippen molar-refractivity contribution in [1.82, 2.24) is 10.6 Å². The first-order valence-corrected chi connectivity index (χ1v) is 25.5. The fraction of sp³-hybridized carbons (Fsp3) is 0.480. The zero-order chi connectivity index (χ0) is 51.8. The lowest BCUT2D eigenvalue weighted by atomic mass is 9.98. The number of carbonyl (C=O) groups excluding carboxylic acids is 6. The topological polar surface area (TPSA) is 219 Å². The molecular weight excluding hydrogens is 950 g/mol. The summed E-state index contributed by atoms with van der Waals surface area (Å²) in [6, 6.07) is 15.2. The number of para-hydroxylation sites is 1. The second-order valence-electron chi connectivity index (χ2n) is 19.2. The first kappa shape index (κ1) is 55.5. The Labute approximate surface area is 411 Å². The zero-order valence-electron chi connectivity index (χ0n) is 40.9. The Morgan fingerprint density at radius 3 is 2.04 bits per heavy atom. The standard InChI is InChI=1S/C50H63F2N4O12PS/c1-30(33-15-18-36(19-16-33)50(51,52)69(63,67-28-65-46(61)48(3,4)5)68-29-66-47(62)49(6,7)8)25-42(58)54-39-22-17-34-11-10-12-35-26-40(56(43(34)35)45(39)60)44(59)55-38(23-24-41(53)57)31(2)64-27-32-13-20-37(70-9)21-14-32/h10-16,18-21,25,31,38-40H,17,22-24,26-29H2,1-9H3,(H2,53,57)(H,54,58)(H,55,59)/b30-25+/t31-,38+,39+,40+/m1/s1. The zero-order valence-corrected chi connectivity index (χ0v) is 42.6. The Hall–Kier alpha value is -5.46. The van der Waals surface area contributed by atoms with E-state index >= 15 is 8.78 Å². The Bertz CT molecular complexity index is 2460. The van der Waals surface area contributed by atoms with Crippen molar-refractivity contribution in [2.45, 2.75) is 129 Å². The van der Waals surface area contributed by atoms with Crippen LogP contribution in [0.5, 0.6) is 0 Å². The average Bonchev–Trinajstić information content (AvgIpc) is 3.64. The largest absolute Gasteiger partial charge is 0.438 e. The molecule has 0 saturated heterocycles. The molecular formula is C50H63F2N4O12PS. The molecule has 20 heteroatoms. The van der Waals surface area contributed by atoms with Gasteiger partial charge >= 0.3 is 25.2 Å². The summed E-state index contributed by atoms with van der Waals surface area (Å²) in [4.78, 5) is 81.4. The number of thioether (sulfide) groups is 1. The first-order valence-electron chi connectivity index (χ1n) is 22.7. The highest BCUT2D eigenvalue weighted by atomic mass is 32.2. The van der Waals surface area contributed by atoms with Gasteiger partial charge in [-0.1, -0.05) is 54.6 Å². The van der Waals surface area contributed by atoms with E-state index < -0.39 is 103 Å². The molecule has 0 spiro atoms. The van der Waals surface area contributed by atoms with Crippen molar-refractivity contribution in [1.29, 1.82) is 0 Å². The van der Waals surface area contributed by atoms with Crippen LogP contribution in [-0.2, 0) is 81.7 Å². The molecule has 0 bridgehead atoms. The van der Waals surface area contributed by atoms with Crippen LogP contribution in [0.15, 0.2) is 77.7 Å². The number of nitrogens with one attached hydrogen (secondary N) is 2. The number of alkyl halides is 2. The number of halogens is 2. The molecule has 0 unspecified atom stereocenters. The number of nitrogens with zero attached hydrogens (tertiary/aromatic N) is 1. The lowest BCUT2D eigenvalue weighted by molar-refractivity contribution is -0.163. The van der Waals surface area contributed by atoms with Gasteiger partial charge in [-0.3, -0.25) is 47.3 Å². The van der Waals surface area contributed by atoms with Gasteiger partial charge in [0.05, 0.1) is 35.3 Å². The van der Waals surface area contributed by atoms with Gasteiger partial charge < -0.3 is 30.6 Å². The number of carbonyl (C=O) groups is 6. The Morgan fingerprint density at radius 2 is 1.49 bits per heavy atom. The van der Waals surface area contributed by atoms with E-state index in [1.807, 2.05) is 48.7 Å².